The van der Waals surface area contributed by atoms with E-state index < -0.39 is 41.3 Å². The maximum atomic E-state index is 13.8. The summed E-state index contributed by atoms with van der Waals surface area (Å²) in [6.45, 7) is 5.57. The Kier molecular flexibility index (Phi) is 4.37. The van der Waals surface area contributed by atoms with Gasteiger partial charge in [-0.3, -0.25) is 24.6 Å². The molecule has 2 aromatic rings. The van der Waals surface area contributed by atoms with E-state index in [1.807, 2.05) is 26.0 Å². The molecule has 34 heavy (non-hydrogen) atoms. The fourth-order valence-corrected chi connectivity index (χ4v) is 6.04. The van der Waals surface area contributed by atoms with E-state index in [1.54, 1.807) is 25.1 Å². The second kappa shape index (κ2) is 7.04. The molecule has 2 aromatic carbocycles. The highest BCUT2D eigenvalue weighted by atomic mass is 16.7. The van der Waals surface area contributed by atoms with Crippen LogP contribution in [0.15, 0.2) is 30.3 Å². The average molecular weight is 463 g/mol. The van der Waals surface area contributed by atoms with E-state index in [0.717, 1.165) is 11.1 Å². The van der Waals surface area contributed by atoms with Gasteiger partial charge in [0.2, 0.25) is 24.5 Å². The molecule has 0 saturated carbocycles. The van der Waals surface area contributed by atoms with E-state index in [1.165, 1.54) is 4.90 Å². The van der Waals surface area contributed by atoms with Gasteiger partial charge < -0.3 is 19.9 Å². The second-order valence-electron chi connectivity index (χ2n) is 9.63. The first-order valence-corrected chi connectivity index (χ1v) is 11.3. The Morgan fingerprint density at radius 3 is 2.65 bits per heavy atom. The van der Waals surface area contributed by atoms with E-state index in [9.17, 15) is 19.5 Å². The molecule has 2 saturated heterocycles. The van der Waals surface area contributed by atoms with Crippen molar-refractivity contribution in [1.29, 1.82) is 0 Å². The summed E-state index contributed by atoms with van der Waals surface area (Å²) in [4.78, 5) is 42.2. The van der Waals surface area contributed by atoms with Crippen LogP contribution in [0.4, 0.5) is 5.69 Å². The van der Waals surface area contributed by atoms with E-state index in [0.29, 0.717) is 28.3 Å². The molecule has 3 amide bonds. The van der Waals surface area contributed by atoms with Gasteiger partial charge in [-0.1, -0.05) is 23.8 Å². The summed E-state index contributed by atoms with van der Waals surface area (Å²) in [6, 6.07) is 8.38. The van der Waals surface area contributed by atoms with Crippen molar-refractivity contribution in [3.05, 3.63) is 52.6 Å². The molecular weight excluding hydrogens is 438 g/mol. The lowest BCUT2D eigenvalue weighted by Gasteiger charge is -2.30. The third kappa shape index (κ3) is 2.65. The van der Waals surface area contributed by atoms with E-state index in [-0.39, 0.29) is 19.2 Å². The smallest absolute Gasteiger partial charge is 0.250 e. The number of anilines is 1. The lowest BCUT2D eigenvalue weighted by molar-refractivity contribution is -0.143. The van der Waals surface area contributed by atoms with Gasteiger partial charge in [0, 0.05) is 17.3 Å². The number of ether oxygens (including phenoxy) is 2. The highest BCUT2D eigenvalue weighted by Gasteiger charge is 2.71. The molecular formula is C25H25N3O6. The summed E-state index contributed by atoms with van der Waals surface area (Å²) >= 11 is 0. The molecule has 6 rings (SSSR count). The topological polar surface area (TPSA) is 117 Å². The molecule has 9 heteroatoms. The van der Waals surface area contributed by atoms with Gasteiger partial charge in [-0.05, 0) is 44.0 Å². The van der Waals surface area contributed by atoms with Gasteiger partial charge in [-0.2, -0.15) is 0 Å². The summed E-state index contributed by atoms with van der Waals surface area (Å²) in [6.07, 6.45) is -0.947. The second-order valence-corrected chi connectivity index (χ2v) is 9.63. The normalized spacial score (nSPS) is 29.6. The Bertz CT molecular complexity index is 1270. The molecule has 5 atom stereocenters. The number of hydrogen-bond donors (Lipinski definition) is 3. The number of aryl methyl sites for hydroxylation is 2. The maximum absolute atomic E-state index is 13.8. The van der Waals surface area contributed by atoms with E-state index >= 15 is 0 Å². The van der Waals surface area contributed by atoms with E-state index in [2.05, 4.69) is 10.6 Å². The molecule has 2 fully saturated rings. The molecule has 0 radical (unpaired) electrons. The summed E-state index contributed by atoms with van der Waals surface area (Å²) < 4.78 is 10.8. The van der Waals surface area contributed by atoms with Crippen molar-refractivity contribution in [3.63, 3.8) is 0 Å². The Hall–Kier alpha value is -3.43. The quantitative estimate of drug-likeness (QED) is 0.588. The fourth-order valence-electron chi connectivity index (χ4n) is 6.04. The summed E-state index contributed by atoms with van der Waals surface area (Å²) in [5.41, 5.74) is 2.42. The summed E-state index contributed by atoms with van der Waals surface area (Å²) in [5, 5.41) is 16.7. The van der Waals surface area contributed by atoms with Gasteiger partial charge in [0.05, 0.1) is 24.5 Å². The molecule has 176 valence electrons. The number of rotatable bonds is 3. The third-order valence-corrected chi connectivity index (χ3v) is 7.49. The van der Waals surface area contributed by atoms with Crippen LogP contribution in [0.2, 0.25) is 0 Å². The van der Waals surface area contributed by atoms with Crippen molar-refractivity contribution in [2.45, 2.75) is 45.0 Å². The van der Waals surface area contributed by atoms with Crippen LogP contribution in [-0.2, 0) is 26.5 Å². The van der Waals surface area contributed by atoms with Gasteiger partial charge in [0.15, 0.2) is 11.5 Å². The number of aliphatic hydroxyl groups excluding tert-OH is 1. The van der Waals surface area contributed by atoms with Crippen LogP contribution >= 0.6 is 0 Å². The van der Waals surface area contributed by atoms with Gasteiger partial charge >= 0.3 is 0 Å². The van der Waals surface area contributed by atoms with Crippen molar-refractivity contribution in [3.8, 4) is 11.5 Å². The molecule has 0 aliphatic carbocycles. The van der Waals surface area contributed by atoms with Gasteiger partial charge in [0.1, 0.15) is 5.54 Å². The van der Waals surface area contributed by atoms with E-state index in [4.69, 9.17) is 9.47 Å². The Morgan fingerprint density at radius 2 is 1.88 bits per heavy atom. The zero-order chi connectivity index (χ0) is 23.9. The van der Waals surface area contributed by atoms with Gasteiger partial charge in [0.25, 0.3) is 0 Å². The van der Waals surface area contributed by atoms with Crippen molar-refractivity contribution in [1.82, 2.24) is 10.2 Å². The lowest BCUT2D eigenvalue weighted by Crippen LogP contribution is -2.54. The molecule has 0 bridgehead atoms. The van der Waals surface area contributed by atoms with Crippen molar-refractivity contribution >= 4 is 23.4 Å². The number of nitrogens with one attached hydrogen (secondary N) is 2. The van der Waals surface area contributed by atoms with Crippen LogP contribution in [0.5, 0.6) is 11.5 Å². The largest absolute Gasteiger partial charge is 0.454 e. The average Bonchev–Trinajstić information content (AvgIpc) is 3.51. The predicted molar refractivity (Wildman–Crippen MR) is 120 cm³/mol. The van der Waals surface area contributed by atoms with Gasteiger partial charge in [-0.25, -0.2) is 0 Å². The first-order chi connectivity index (χ1) is 16.2. The number of hydrogen-bond acceptors (Lipinski definition) is 7. The standard InChI is InChI=1S/C25H25N3O6/c1-11-6-12(2)20-15(7-11)25(24(32)26-20)19-18(21(27-25)13(3)29)22(30)28(23(19)31)9-14-4-5-16-17(8-14)34-10-33-16/h4-8,13,18-19,21,27,29H,9-10H2,1-3H3,(H,26,32)/t13-,18+,19-,21+,25+/m1/s1. The number of carbonyl (C=O) groups excluding carboxylic acids is 3. The number of aliphatic hydroxyl groups is 1. The minimum absolute atomic E-state index is 0.0469. The number of amides is 3. The first kappa shape index (κ1) is 21.1. The molecule has 9 nitrogen and oxygen atoms in total. The number of likely N-dealkylation sites (tertiary alicyclic amines) is 1. The summed E-state index contributed by atoms with van der Waals surface area (Å²) in [7, 11) is 0. The molecule has 0 aromatic heterocycles. The van der Waals surface area contributed by atoms with Crippen LogP contribution in [0.1, 0.15) is 29.2 Å². The molecule has 4 heterocycles. The number of fused-ring (bicyclic) bond motifs is 5. The fraction of sp³-hybridized carbons (Fsp3) is 0.400. The minimum atomic E-state index is -1.42. The van der Waals surface area contributed by atoms with Crippen LogP contribution in [-0.4, -0.2) is 46.7 Å². The first-order valence-electron chi connectivity index (χ1n) is 11.3. The Balaban J connectivity index is 1.44. The molecule has 3 N–H and O–H groups in total. The molecule has 1 spiro atoms. The third-order valence-electron chi connectivity index (χ3n) is 7.49. The lowest BCUT2D eigenvalue weighted by atomic mass is 9.75. The predicted octanol–water partition coefficient (Wildman–Crippen LogP) is 1.33. The number of nitrogens with zero attached hydrogens (tertiary/aromatic N) is 1. The number of carbonyl (C=O) groups is 3. The zero-order valence-electron chi connectivity index (χ0n) is 19.0. The van der Waals surface area contributed by atoms with Crippen LogP contribution in [0, 0.1) is 25.7 Å². The SMILES string of the molecule is Cc1cc(C)c2c(c1)[C@@]1(N[C@@H]([C@@H](C)O)[C@H]3C(=O)N(Cc4ccc5c(c4)OCO5)C(=O)[C@@H]31)C(=O)N2. The van der Waals surface area contributed by atoms with Crippen LogP contribution < -0.4 is 20.1 Å². The number of benzene rings is 2. The highest BCUT2D eigenvalue weighted by molar-refractivity contribution is 6.15. The number of imide groups is 1. The maximum Gasteiger partial charge on any atom is 0.250 e. The van der Waals surface area contributed by atoms with Crippen molar-refractivity contribution in [2.24, 2.45) is 11.8 Å². The summed E-state index contributed by atoms with van der Waals surface area (Å²) in [5.74, 6) is -1.84. The van der Waals surface area contributed by atoms with Crippen LogP contribution in [0.3, 0.4) is 0 Å². The molecule has 4 aliphatic rings. The highest BCUT2D eigenvalue weighted by Crippen LogP contribution is 2.54. The van der Waals surface area contributed by atoms with Crippen LogP contribution in [0.25, 0.3) is 0 Å². The monoisotopic (exact) mass is 463 g/mol. The molecule has 0 unspecified atom stereocenters. The Labute approximate surface area is 196 Å². The minimum Gasteiger partial charge on any atom is -0.454 e. The van der Waals surface area contributed by atoms with Crippen molar-refractivity contribution < 1.29 is 29.0 Å². The Morgan fingerprint density at radius 1 is 1.12 bits per heavy atom. The zero-order valence-corrected chi connectivity index (χ0v) is 19.0. The van der Waals surface area contributed by atoms with Gasteiger partial charge in [-0.15, -0.1) is 0 Å². The van der Waals surface area contributed by atoms with Crippen molar-refractivity contribution in [2.75, 3.05) is 12.1 Å². The molecule has 4 aliphatic heterocycles.